The summed E-state index contributed by atoms with van der Waals surface area (Å²) >= 11 is 0. The maximum Gasteiger partial charge on any atom is 0.321 e. The quantitative estimate of drug-likeness (QED) is 0.896. The summed E-state index contributed by atoms with van der Waals surface area (Å²) in [6.07, 6.45) is 0. The summed E-state index contributed by atoms with van der Waals surface area (Å²) in [7, 11) is 4.04. The minimum atomic E-state index is -0.00985. The molecular weight excluding hydrogens is 264 g/mol. The molecule has 5 heteroatoms. The van der Waals surface area contributed by atoms with Gasteiger partial charge < -0.3 is 20.4 Å². The molecule has 0 bridgehead atoms. The van der Waals surface area contributed by atoms with Crippen LogP contribution in [0.2, 0.25) is 0 Å². The number of carbonyl (C=O) groups is 1. The van der Waals surface area contributed by atoms with Crippen molar-refractivity contribution in [1.82, 2.24) is 15.1 Å². The molecule has 2 amide bonds. The van der Waals surface area contributed by atoms with Gasteiger partial charge in [-0.15, -0.1) is 0 Å². The molecule has 0 saturated carbocycles. The number of nitrogens with zero attached hydrogens (tertiary/aromatic N) is 2. The first-order valence-corrected chi connectivity index (χ1v) is 7.54. The maximum absolute atomic E-state index is 12.3. The first-order valence-electron chi connectivity index (χ1n) is 7.54. The van der Waals surface area contributed by atoms with Crippen molar-refractivity contribution in [2.45, 2.75) is 25.9 Å². The Morgan fingerprint density at radius 1 is 1.29 bits per heavy atom. The number of hydrogen-bond acceptors (Lipinski definition) is 3. The van der Waals surface area contributed by atoms with Crippen LogP contribution in [0.5, 0.6) is 0 Å². The van der Waals surface area contributed by atoms with Crippen LogP contribution in [0.4, 0.5) is 10.5 Å². The van der Waals surface area contributed by atoms with Crippen LogP contribution in [0.3, 0.4) is 0 Å². The molecule has 2 rings (SSSR count). The average molecular weight is 290 g/mol. The smallest absolute Gasteiger partial charge is 0.321 e. The second-order valence-corrected chi connectivity index (χ2v) is 5.84. The molecule has 0 aliphatic carbocycles. The molecule has 116 valence electrons. The Labute approximate surface area is 127 Å². The van der Waals surface area contributed by atoms with E-state index < -0.39 is 0 Å². The second-order valence-electron chi connectivity index (χ2n) is 5.84. The van der Waals surface area contributed by atoms with Crippen molar-refractivity contribution >= 4 is 11.7 Å². The third kappa shape index (κ3) is 3.95. The van der Waals surface area contributed by atoms with Crippen molar-refractivity contribution in [3.05, 3.63) is 29.8 Å². The SMILES string of the molecule is CNC(C)c1ccc(NC(=O)N2CCN(C)C(C)C2)cc1. The molecule has 1 aliphatic heterocycles. The molecule has 5 nitrogen and oxygen atoms in total. The predicted molar refractivity (Wildman–Crippen MR) is 86.6 cm³/mol. The van der Waals surface area contributed by atoms with Crippen molar-refractivity contribution in [3.63, 3.8) is 0 Å². The molecule has 2 N–H and O–H groups in total. The number of piperazine rings is 1. The van der Waals surface area contributed by atoms with Crippen LogP contribution in [0, 0.1) is 0 Å². The molecule has 1 saturated heterocycles. The van der Waals surface area contributed by atoms with Crippen LogP contribution in [0.1, 0.15) is 25.5 Å². The lowest BCUT2D eigenvalue weighted by molar-refractivity contribution is 0.125. The number of hydrogen-bond donors (Lipinski definition) is 2. The van der Waals surface area contributed by atoms with E-state index in [9.17, 15) is 4.79 Å². The third-order valence-electron chi connectivity index (χ3n) is 4.34. The van der Waals surface area contributed by atoms with Gasteiger partial charge in [-0.25, -0.2) is 4.79 Å². The van der Waals surface area contributed by atoms with Crippen LogP contribution < -0.4 is 10.6 Å². The summed E-state index contributed by atoms with van der Waals surface area (Å²) in [5, 5.41) is 6.18. The van der Waals surface area contributed by atoms with Gasteiger partial charge in [-0.1, -0.05) is 12.1 Å². The summed E-state index contributed by atoms with van der Waals surface area (Å²) in [6, 6.07) is 8.72. The van der Waals surface area contributed by atoms with Gasteiger partial charge in [0.15, 0.2) is 0 Å². The van der Waals surface area contributed by atoms with Crippen LogP contribution >= 0.6 is 0 Å². The molecule has 0 spiro atoms. The number of urea groups is 1. The van der Waals surface area contributed by atoms with Crippen LogP contribution in [0.25, 0.3) is 0 Å². The fourth-order valence-electron chi connectivity index (χ4n) is 2.46. The summed E-state index contributed by atoms with van der Waals surface area (Å²) in [6.45, 7) is 6.73. The molecule has 1 fully saturated rings. The van der Waals surface area contributed by atoms with Gasteiger partial charge in [0.2, 0.25) is 0 Å². The van der Waals surface area contributed by atoms with Crippen molar-refractivity contribution in [1.29, 1.82) is 0 Å². The standard InChI is InChI=1S/C16H26N4O/c1-12-11-20(10-9-19(12)4)16(21)18-15-7-5-14(6-8-15)13(2)17-3/h5-8,12-13,17H,9-11H2,1-4H3,(H,18,21). The lowest BCUT2D eigenvalue weighted by Gasteiger charge is -2.37. The molecular formula is C16H26N4O. The van der Waals surface area contributed by atoms with E-state index in [1.54, 1.807) is 0 Å². The average Bonchev–Trinajstić information content (AvgIpc) is 2.50. The molecule has 1 aromatic carbocycles. The summed E-state index contributed by atoms with van der Waals surface area (Å²) in [4.78, 5) is 16.4. The Kier molecular flexibility index (Phi) is 5.20. The van der Waals surface area contributed by atoms with Gasteiger partial charge in [-0.3, -0.25) is 0 Å². The molecule has 1 aromatic rings. The van der Waals surface area contributed by atoms with E-state index >= 15 is 0 Å². The lowest BCUT2D eigenvalue weighted by atomic mass is 10.1. The zero-order valence-corrected chi connectivity index (χ0v) is 13.4. The highest BCUT2D eigenvalue weighted by Gasteiger charge is 2.24. The number of nitrogens with one attached hydrogen (secondary N) is 2. The van der Waals surface area contributed by atoms with E-state index in [4.69, 9.17) is 0 Å². The topological polar surface area (TPSA) is 47.6 Å². The molecule has 0 radical (unpaired) electrons. The van der Waals surface area contributed by atoms with Gasteiger partial charge in [0.1, 0.15) is 0 Å². The minimum Gasteiger partial charge on any atom is -0.322 e. The van der Waals surface area contributed by atoms with Crippen LogP contribution in [-0.4, -0.2) is 55.6 Å². The highest BCUT2D eigenvalue weighted by atomic mass is 16.2. The number of benzene rings is 1. The highest BCUT2D eigenvalue weighted by Crippen LogP contribution is 2.16. The molecule has 2 atom stereocenters. The van der Waals surface area contributed by atoms with Crippen molar-refractivity contribution < 1.29 is 4.79 Å². The molecule has 0 aromatic heterocycles. The summed E-state index contributed by atoms with van der Waals surface area (Å²) in [5.41, 5.74) is 2.06. The first-order chi connectivity index (χ1) is 10.0. The predicted octanol–water partition coefficient (Wildman–Crippen LogP) is 2.13. The summed E-state index contributed by atoms with van der Waals surface area (Å²) < 4.78 is 0. The van der Waals surface area contributed by atoms with Gasteiger partial charge >= 0.3 is 6.03 Å². The van der Waals surface area contributed by atoms with Crippen molar-refractivity contribution in [2.75, 3.05) is 39.0 Å². The number of likely N-dealkylation sites (N-methyl/N-ethyl adjacent to an activating group) is 1. The molecule has 21 heavy (non-hydrogen) atoms. The van der Waals surface area contributed by atoms with Crippen molar-refractivity contribution in [3.8, 4) is 0 Å². The van der Waals surface area contributed by atoms with Crippen LogP contribution in [0.15, 0.2) is 24.3 Å². The lowest BCUT2D eigenvalue weighted by Crippen LogP contribution is -2.53. The second kappa shape index (κ2) is 6.91. The Balaban J connectivity index is 1.93. The van der Waals surface area contributed by atoms with E-state index in [-0.39, 0.29) is 6.03 Å². The van der Waals surface area contributed by atoms with Crippen molar-refractivity contribution in [2.24, 2.45) is 0 Å². The number of anilines is 1. The maximum atomic E-state index is 12.3. The van der Waals surface area contributed by atoms with E-state index in [2.05, 4.69) is 36.4 Å². The number of rotatable bonds is 3. The Morgan fingerprint density at radius 2 is 1.95 bits per heavy atom. The summed E-state index contributed by atoms with van der Waals surface area (Å²) in [5.74, 6) is 0. The van der Waals surface area contributed by atoms with Gasteiger partial charge in [0.05, 0.1) is 0 Å². The molecule has 1 aliphatic rings. The zero-order chi connectivity index (χ0) is 15.4. The highest BCUT2D eigenvalue weighted by molar-refractivity contribution is 5.89. The van der Waals surface area contributed by atoms with E-state index in [0.717, 1.165) is 25.3 Å². The van der Waals surface area contributed by atoms with E-state index in [1.165, 1.54) is 5.56 Å². The van der Waals surface area contributed by atoms with Gasteiger partial charge in [0.25, 0.3) is 0 Å². The third-order valence-corrected chi connectivity index (χ3v) is 4.34. The van der Waals surface area contributed by atoms with E-state index in [0.29, 0.717) is 12.1 Å². The fourth-order valence-corrected chi connectivity index (χ4v) is 2.46. The zero-order valence-electron chi connectivity index (χ0n) is 13.4. The largest absolute Gasteiger partial charge is 0.322 e. The first kappa shape index (κ1) is 15.8. The monoisotopic (exact) mass is 290 g/mol. The van der Waals surface area contributed by atoms with Gasteiger partial charge in [0, 0.05) is 37.4 Å². The van der Waals surface area contributed by atoms with Gasteiger partial charge in [-0.2, -0.15) is 0 Å². The minimum absolute atomic E-state index is 0.00985. The number of amides is 2. The molecule has 2 unspecified atom stereocenters. The Morgan fingerprint density at radius 3 is 2.52 bits per heavy atom. The Hall–Kier alpha value is -1.59. The van der Waals surface area contributed by atoms with Crippen LogP contribution in [-0.2, 0) is 0 Å². The fraction of sp³-hybridized carbons (Fsp3) is 0.562. The molecule has 1 heterocycles. The number of carbonyl (C=O) groups excluding carboxylic acids is 1. The van der Waals surface area contributed by atoms with E-state index in [1.807, 2.05) is 36.2 Å². The van der Waals surface area contributed by atoms with Gasteiger partial charge in [-0.05, 0) is 45.6 Å². The Bertz CT molecular complexity index is 474. The normalized spacial score (nSPS) is 21.1.